The van der Waals surface area contributed by atoms with E-state index in [4.69, 9.17) is 0 Å². The summed E-state index contributed by atoms with van der Waals surface area (Å²) in [7, 11) is 0. The molecule has 1 aliphatic heterocycles. The molecule has 8 nitrogen and oxygen atoms in total. The molecule has 0 bridgehead atoms. The Morgan fingerprint density at radius 1 is 0.919 bits per heavy atom. The van der Waals surface area contributed by atoms with E-state index in [0.717, 1.165) is 12.8 Å². The van der Waals surface area contributed by atoms with E-state index < -0.39 is 41.0 Å². The van der Waals surface area contributed by atoms with E-state index in [9.17, 15) is 35.9 Å². The molecule has 196 valence electrons. The number of alkyl halides is 6. The second kappa shape index (κ2) is 9.82. The SMILES string of the molecule is CC(NC(=O)c1cc(C(F)(F)F)cc(C(F)(F)F)c1)c1nccnc1-n1cc(C(=O)N2CCCC2)cn1. The van der Waals surface area contributed by atoms with Gasteiger partial charge in [0.2, 0.25) is 0 Å². The van der Waals surface area contributed by atoms with Crippen LogP contribution in [0, 0.1) is 0 Å². The molecule has 3 heterocycles. The standard InChI is InChI=1S/C23H20F6N6O2/c1-13(33-20(36)14-8-16(22(24,25)26)10-17(9-14)23(27,28)29)18-19(31-5-4-30-18)35-12-15(11-32-35)21(37)34-6-2-3-7-34/h4-5,8-13H,2-3,6-7H2,1H3,(H,33,36). The molecule has 1 aromatic carbocycles. The first-order valence-electron chi connectivity index (χ1n) is 11.1. The molecule has 1 unspecified atom stereocenters. The monoisotopic (exact) mass is 526 g/mol. The van der Waals surface area contributed by atoms with Crippen molar-refractivity contribution >= 4 is 11.8 Å². The Bertz CT molecular complexity index is 1280. The number of hydrogen-bond donors (Lipinski definition) is 1. The average molecular weight is 526 g/mol. The normalized spacial score (nSPS) is 15.1. The fraction of sp³-hybridized carbons (Fsp3) is 0.348. The van der Waals surface area contributed by atoms with Gasteiger partial charge in [-0.25, -0.2) is 9.67 Å². The zero-order chi connectivity index (χ0) is 27.0. The van der Waals surface area contributed by atoms with Gasteiger partial charge in [-0.1, -0.05) is 0 Å². The number of halogens is 6. The molecule has 1 atom stereocenters. The zero-order valence-electron chi connectivity index (χ0n) is 19.3. The van der Waals surface area contributed by atoms with Crippen LogP contribution in [-0.2, 0) is 12.4 Å². The minimum atomic E-state index is -5.09. The van der Waals surface area contributed by atoms with Crippen LogP contribution in [0.25, 0.3) is 5.82 Å². The molecule has 0 spiro atoms. The number of nitrogens with zero attached hydrogens (tertiary/aromatic N) is 5. The van der Waals surface area contributed by atoms with Crippen molar-refractivity contribution in [1.82, 2.24) is 30.0 Å². The Morgan fingerprint density at radius 3 is 2.11 bits per heavy atom. The Balaban J connectivity index is 1.59. The Morgan fingerprint density at radius 2 is 1.51 bits per heavy atom. The minimum absolute atomic E-state index is 0.0558. The number of carbonyl (C=O) groups is 2. The van der Waals surface area contributed by atoms with Crippen molar-refractivity contribution < 1.29 is 35.9 Å². The van der Waals surface area contributed by atoms with Gasteiger partial charge >= 0.3 is 12.4 Å². The van der Waals surface area contributed by atoms with E-state index in [1.165, 1.54) is 36.4 Å². The van der Waals surface area contributed by atoms with Crippen molar-refractivity contribution in [2.75, 3.05) is 13.1 Å². The number of likely N-dealkylation sites (tertiary alicyclic amines) is 1. The largest absolute Gasteiger partial charge is 0.416 e. The van der Waals surface area contributed by atoms with Gasteiger partial charge in [-0.2, -0.15) is 31.4 Å². The van der Waals surface area contributed by atoms with E-state index in [2.05, 4.69) is 20.4 Å². The van der Waals surface area contributed by atoms with Crippen molar-refractivity contribution in [1.29, 1.82) is 0 Å². The van der Waals surface area contributed by atoms with Crippen LogP contribution < -0.4 is 5.32 Å². The van der Waals surface area contributed by atoms with Crippen LogP contribution in [0.2, 0.25) is 0 Å². The van der Waals surface area contributed by atoms with Crippen molar-refractivity contribution in [3.05, 3.63) is 70.9 Å². The van der Waals surface area contributed by atoms with E-state index in [1.54, 1.807) is 4.90 Å². The highest BCUT2D eigenvalue weighted by Gasteiger charge is 2.37. The van der Waals surface area contributed by atoms with E-state index >= 15 is 0 Å². The van der Waals surface area contributed by atoms with Gasteiger partial charge in [-0.15, -0.1) is 0 Å². The van der Waals surface area contributed by atoms with Crippen LogP contribution in [0.3, 0.4) is 0 Å². The average Bonchev–Trinajstić information content (AvgIpc) is 3.55. The molecule has 3 aromatic rings. The molecule has 2 amide bonds. The smallest absolute Gasteiger partial charge is 0.344 e. The second-order valence-electron chi connectivity index (χ2n) is 8.43. The van der Waals surface area contributed by atoms with E-state index in [-0.39, 0.29) is 23.5 Å². The molecule has 1 aliphatic rings. The first-order chi connectivity index (χ1) is 17.3. The van der Waals surface area contributed by atoms with E-state index in [0.29, 0.717) is 30.8 Å². The van der Waals surface area contributed by atoms with Gasteiger partial charge in [0.25, 0.3) is 11.8 Å². The Hall–Kier alpha value is -3.97. The van der Waals surface area contributed by atoms with Gasteiger partial charge in [-0.3, -0.25) is 14.6 Å². The maximum absolute atomic E-state index is 13.2. The first kappa shape index (κ1) is 26.1. The molecular weight excluding hydrogens is 506 g/mol. The number of carbonyl (C=O) groups excluding carboxylic acids is 2. The quantitative estimate of drug-likeness (QED) is 0.497. The number of amides is 2. The van der Waals surface area contributed by atoms with Gasteiger partial charge < -0.3 is 10.2 Å². The number of aromatic nitrogens is 4. The first-order valence-corrected chi connectivity index (χ1v) is 11.1. The highest BCUT2D eigenvalue weighted by molar-refractivity contribution is 5.95. The molecule has 14 heteroatoms. The molecule has 0 saturated carbocycles. The summed E-state index contributed by atoms with van der Waals surface area (Å²) in [6, 6.07) is -0.362. The maximum atomic E-state index is 13.2. The van der Waals surface area contributed by atoms with Crippen LogP contribution in [0.4, 0.5) is 26.3 Å². The summed E-state index contributed by atoms with van der Waals surface area (Å²) in [5.74, 6) is -1.26. The van der Waals surface area contributed by atoms with Gasteiger partial charge in [0, 0.05) is 37.2 Å². The van der Waals surface area contributed by atoms with Crippen molar-refractivity contribution in [3.8, 4) is 5.82 Å². The lowest BCUT2D eigenvalue weighted by molar-refractivity contribution is -0.143. The molecule has 1 N–H and O–H groups in total. The zero-order valence-corrected chi connectivity index (χ0v) is 19.3. The molecule has 0 aliphatic carbocycles. The third kappa shape index (κ3) is 5.73. The molecule has 2 aromatic heterocycles. The van der Waals surface area contributed by atoms with E-state index in [1.807, 2.05) is 0 Å². The van der Waals surface area contributed by atoms with Gasteiger partial charge in [0.05, 0.1) is 28.9 Å². The Labute approximate surface area is 206 Å². The number of rotatable bonds is 5. The van der Waals surface area contributed by atoms with Gasteiger partial charge in [0.1, 0.15) is 5.69 Å². The summed E-state index contributed by atoms with van der Waals surface area (Å²) < 4.78 is 80.3. The predicted molar refractivity (Wildman–Crippen MR) is 117 cm³/mol. The fourth-order valence-corrected chi connectivity index (χ4v) is 3.91. The van der Waals surface area contributed by atoms with Gasteiger partial charge in [0.15, 0.2) is 5.82 Å². The number of nitrogens with one attached hydrogen (secondary N) is 1. The van der Waals surface area contributed by atoms with Crippen LogP contribution in [-0.4, -0.2) is 49.6 Å². The molecule has 0 radical (unpaired) electrons. The lowest BCUT2D eigenvalue weighted by Gasteiger charge is -2.18. The third-order valence-corrected chi connectivity index (χ3v) is 5.75. The lowest BCUT2D eigenvalue weighted by atomic mass is 10.0. The highest BCUT2D eigenvalue weighted by Crippen LogP contribution is 2.36. The summed E-state index contributed by atoms with van der Waals surface area (Å²) in [4.78, 5) is 35.4. The summed E-state index contributed by atoms with van der Waals surface area (Å²) in [6.07, 6.45) is -2.96. The summed E-state index contributed by atoms with van der Waals surface area (Å²) >= 11 is 0. The Kier molecular flexibility index (Phi) is 6.93. The molecule has 37 heavy (non-hydrogen) atoms. The molecule has 1 saturated heterocycles. The fourth-order valence-electron chi connectivity index (χ4n) is 3.91. The van der Waals surface area contributed by atoms with Gasteiger partial charge in [-0.05, 0) is 38.0 Å². The minimum Gasteiger partial charge on any atom is -0.344 e. The van der Waals surface area contributed by atoms with Crippen LogP contribution in [0.1, 0.15) is 63.3 Å². The summed E-state index contributed by atoms with van der Waals surface area (Å²) in [5, 5.41) is 6.50. The van der Waals surface area contributed by atoms with Crippen LogP contribution in [0.5, 0.6) is 0 Å². The van der Waals surface area contributed by atoms with Crippen LogP contribution >= 0.6 is 0 Å². The molecular formula is C23H20F6N6O2. The van der Waals surface area contributed by atoms with Crippen molar-refractivity contribution in [2.24, 2.45) is 0 Å². The molecule has 4 rings (SSSR count). The van der Waals surface area contributed by atoms with Crippen molar-refractivity contribution in [3.63, 3.8) is 0 Å². The highest BCUT2D eigenvalue weighted by atomic mass is 19.4. The molecule has 1 fully saturated rings. The third-order valence-electron chi connectivity index (χ3n) is 5.75. The number of hydrogen-bond acceptors (Lipinski definition) is 5. The summed E-state index contributed by atoms with van der Waals surface area (Å²) in [6.45, 7) is 2.70. The topological polar surface area (TPSA) is 93.0 Å². The summed E-state index contributed by atoms with van der Waals surface area (Å²) in [5.41, 5.74) is -3.60. The second-order valence-corrected chi connectivity index (χ2v) is 8.43. The predicted octanol–water partition coefficient (Wildman–Crippen LogP) is 4.43. The van der Waals surface area contributed by atoms with Crippen LogP contribution in [0.15, 0.2) is 43.0 Å². The van der Waals surface area contributed by atoms with Crippen molar-refractivity contribution in [2.45, 2.75) is 38.2 Å². The lowest BCUT2D eigenvalue weighted by Crippen LogP contribution is -2.29. The number of benzene rings is 1. The maximum Gasteiger partial charge on any atom is 0.416 e.